The number of hydrogen-bond acceptors (Lipinski definition) is 3. The number of primary amides is 1. The first-order chi connectivity index (χ1) is 5.95. The van der Waals surface area contributed by atoms with Gasteiger partial charge in [0, 0.05) is 18.8 Å². The van der Waals surface area contributed by atoms with Crippen molar-refractivity contribution in [3.05, 3.63) is 27.7 Å². The summed E-state index contributed by atoms with van der Waals surface area (Å²) in [7, 11) is 1.55. The molecule has 1 heterocycles. The number of carbonyl (C=O) groups is 1. The number of amides is 1. The molecule has 1 rings (SSSR count). The Kier molecular flexibility index (Phi) is 2.10. The molecule has 3 N–H and O–H groups in total. The van der Waals surface area contributed by atoms with Gasteiger partial charge in [-0.05, 0) is 6.92 Å². The topological polar surface area (TPSA) is 85.3 Å². The second-order valence-electron chi connectivity index (χ2n) is 2.77. The van der Waals surface area contributed by atoms with Gasteiger partial charge in [-0.1, -0.05) is 0 Å². The second-order valence-corrected chi connectivity index (χ2v) is 2.77. The molecular formula is C8H10N2O3. The number of pyridine rings is 1. The predicted molar refractivity (Wildman–Crippen MR) is 46.6 cm³/mol. The van der Waals surface area contributed by atoms with E-state index in [1.807, 2.05) is 0 Å². The number of aromatic hydroxyl groups is 1. The van der Waals surface area contributed by atoms with Gasteiger partial charge in [-0.3, -0.25) is 9.59 Å². The minimum Gasteiger partial charge on any atom is -0.503 e. The molecular weight excluding hydrogens is 172 g/mol. The molecule has 70 valence electrons. The summed E-state index contributed by atoms with van der Waals surface area (Å²) < 4.78 is 1.37. The van der Waals surface area contributed by atoms with Crippen LogP contribution in [-0.2, 0) is 7.05 Å². The zero-order valence-corrected chi connectivity index (χ0v) is 7.37. The zero-order chi connectivity index (χ0) is 10.2. The van der Waals surface area contributed by atoms with Crippen molar-refractivity contribution in [2.75, 3.05) is 0 Å². The van der Waals surface area contributed by atoms with Crippen LogP contribution in [0, 0.1) is 6.92 Å². The van der Waals surface area contributed by atoms with Gasteiger partial charge in [0.05, 0.1) is 0 Å². The SMILES string of the molecule is Cc1cc(=O)c(O)c(C(N)=O)n1C. The van der Waals surface area contributed by atoms with Gasteiger partial charge in [-0.2, -0.15) is 0 Å². The number of nitrogens with two attached hydrogens (primary N) is 1. The monoisotopic (exact) mass is 182 g/mol. The van der Waals surface area contributed by atoms with Gasteiger partial charge in [-0.15, -0.1) is 0 Å². The number of carbonyl (C=O) groups excluding carboxylic acids is 1. The lowest BCUT2D eigenvalue weighted by Crippen LogP contribution is -2.22. The molecule has 0 radical (unpaired) electrons. The van der Waals surface area contributed by atoms with Crippen molar-refractivity contribution in [1.29, 1.82) is 0 Å². The van der Waals surface area contributed by atoms with E-state index >= 15 is 0 Å². The van der Waals surface area contributed by atoms with E-state index in [0.717, 1.165) is 0 Å². The number of hydrogen-bond donors (Lipinski definition) is 2. The first kappa shape index (κ1) is 9.31. The van der Waals surface area contributed by atoms with E-state index in [1.165, 1.54) is 10.6 Å². The number of rotatable bonds is 1. The zero-order valence-electron chi connectivity index (χ0n) is 7.37. The molecule has 1 aromatic rings. The maximum Gasteiger partial charge on any atom is 0.269 e. The van der Waals surface area contributed by atoms with Crippen LogP contribution in [0.4, 0.5) is 0 Å². The fourth-order valence-electron chi connectivity index (χ4n) is 1.09. The first-order valence-corrected chi connectivity index (χ1v) is 3.64. The molecule has 0 atom stereocenters. The summed E-state index contributed by atoms with van der Waals surface area (Å²) in [4.78, 5) is 21.9. The molecule has 1 amide bonds. The molecule has 0 aliphatic heterocycles. The number of aryl methyl sites for hydroxylation is 1. The van der Waals surface area contributed by atoms with E-state index in [0.29, 0.717) is 5.69 Å². The Balaban J connectivity index is 3.66. The Morgan fingerprint density at radius 1 is 1.62 bits per heavy atom. The first-order valence-electron chi connectivity index (χ1n) is 3.64. The van der Waals surface area contributed by atoms with Crippen molar-refractivity contribution < 1.29 is 9.90 Å². The number of nitrogens with zero attached hydrogens (tertiary/aromatic N) is 1. The lowest BCUT2D eigenvalue weighted by molar-refractivity contribution is 0.0988. The van der Waals surface area contributed by atoms with Crippen molar-refractivity contribution in [1.82, 2.24) is 4.57 Å². The second kappa shape index (κ2) is 2.93. The summed E-state index contributed by atoms with van der Waals surface area (Å²) in [6, 6.07) is 1.24. The molecule has 13 heavy (non-hydrogen) atoms. The van der Waals surface area contributed by atoms with Crippen molar-refractivity contribution in [2.24, 2.45) is 12.8 Å². The summed E-state index contributed by atoms with van der Waals surface area (Å²) in [6.07, 6.45) is 0. The van der Waals surface area contributed by atoms with E-state index in [4.69, 9.17) is 5.73 Å². The van der Waals surface area contributed by atoms with E-state index in [2.05, 4.69) is 0 Å². The Labute approximate surface area is 74.4 Å². The van der Waals surface area contributed by atoms with Gasteiger partial charge in [0.1, 0.15) is 0 Å². The van der Waals surface area contributed by atoms with E-state index in [-0.39, 0.29) is 5.69 Å². The Morgan fingerprint density at radius 2 is 2.15 bits per heavy atom. The summed E-state index contributed by atoms with van der Waals surface area (Å²) in [5.41, 5.74) is 4.81. The molecule has 0 fully saturated rings. The smallest absolute Gasteiger partial charge is 0.269 e. The van der Waals surface area contributed by atoms with Gasteiger partial charge < -0.3 is 15.4 Å². The largest absolute Gasteiger partial charge is 0.503 e. The molecule has 0 spiro atoms. The van der Waals surface area contributed by atoms with Gasteiger partial charge in [0.2, 0.25) is 5.43 Å². The molecule has 1 aromatic heterocycles. The third-order valence-corrected chi connectivity index (χ3v) is 1.90. The molecule has 0 bridgehead atoms. The fraction of sp³-hybridized carbons (Fsp3) is 0.250. The van der Waals surface area contributed by atoms with Crippen LogP contribution in [-0.4, -0.2) is 15.6 Å². The third kappa shape index (κ3) is 1.40. The lowest BCUT2D eigenvalue weighted by Gasteiger charge is -2.09. The maximum atomic E-state index is 11.0. The Hall–Kier alpha value is -1.78. The van der Waals surface area contributed by atoms with E-state index in [9.17, 15) is 14.7 Å². The summed E-state index contributed by atoms with van der Waals surface area (Å²) in [5, 5.41) is 9.24. The van der Waals surface area contributed by atoms with E-state index < -0.39 is 17.1 Å². The average Bonchev–Trinajstić information content (AvgIpc) is 2.01. The van der Waals surface area contributed by atoms with Gasteiger partial charge in [0.15, 0.2) is 11.4 Å². The molecule has 5 nitrogen and oxygen atoms in total. The van der Waals surface area contributed by atoms with Crippen molar-refractivity contribution >= 4 is 5.91 Å². The molecule has 0 saturated carbocycles. The standard InChI is InChI=1S/C8H10N2O3/c1-4-3-5(11)7(12)6(8(9)13)10(4)2/h3,12H,1-2H3,(H2,9,13). The number of aromatic nitrogens is 1. The highest BCUT2D eigenvalue weighted by Gasteiger charge is 2.14. The van der Waals surface area contributed by atoms with Crippen LogP contribution in [0.5, 0.6) is 5.75 Å². The average molecular weight is 182 g/mol. The van der Waals surface area contributed by atoms with Crippen molar-refractivity contribution in [3.63, 3.8) is 0 Å². The van der Waals surface area contributed by atoms with Crippen LogP contribution < -0.4 is 11.2 Å². The Morgan fingerprint density at radius 3 is 2.62 bits per heavy atom. The highest BCUT2D eigenvalue weighted by Crippen LogP contribution is 2.11. The van der Waals surface area contributed by atoms with Crippen LogP contribution in [0.1, 0.15) is 16.2 Å². The van der Waals surface area contributed by atoms with Crippen molar-refractivity contribution in [3.8, 4) is 5.75 Å². The quantitative estimate of drug-likeness (QED) is 0.613. The predicted octanol–water partition coefficient (Wildman–Crippen LogP) is -0.502. The van der Waals surface area contributed by atoms with Gasteiger partial charge in [0.25, 0.3) is 5.91 Å². The van der Waals surface area contributed by atoms with E-state index in [1.54, 1.807) is 14.0 Å². The lowest BCUT2D eigenvalue weighted by atomic mass is 10.2. The summed E-state index contributed by atoms with van der Waals surface area (Å²) >= 11 is 0. The molecule has 0 aliphatic carbocycles. The maximum absolute atomic E-state index is 11.0. The molecule has 5 heteroatoms. The minimum atomic E-state index is -0.819. The van der Waals surface area contributed by atoms with Crippen LogP contribution in [0.15, 0.2) is 10.9 Å². The highest BCUT2D eigenvalue weighted by molar-refractivity contribution is 5.93. The van der Waals surface area contributed by atoms with Gasteiger partial charge in [-0.25, -0.2) is 0 Å². The van der Waals surface area contributed by atoms with Gasteiger partial charge >= 0.3 is 0 Å². The summed E-state index contributed by atoms with van der Waals surface area (Å²) in [6.45, 7) is 1.65. The van der Waals surface area contributed by atoms with Crippen LogP contribution in [0.25, 0.3) is 0 Å². The normalized spacial score (nSPS) is 10.0. The van der Waals surface area contributed by atoms with Crippen LogP contribution in [0.3, 0.4) is 0 Å². The summed E-state index contributed by atoms with van der Waals surface area (Å²) in [5.74, 6) is -1.42. The third-order valence-electron chi connectivity index (χ3n) is 1.90. The van der Waals surface area contributed by atoms with Crippen LogP contribution >= 0.6 is 0 Å². The molecule has 0 saturated heterocycles. The fourth-order valence-corrected chi connectivity index (χ4v) is 1.09. The van der Waals surface area contributed by atoms with Crippen molar-refractivity contribution in [2.45, 2.75) is 6.92 Å². The highest BCUT2D eigenvalue weighted by atomic mass is 16.3. The molecule has 0 aromatic carbocycles. The minimum absolute atomic E-state index is 0.162. The molecule has 0 unspecified atom stereocenters. The molecule has 0 aliphatic rings. The van der Waals surface area contributed by atoms with Crippen LogP contribution in [0.2, 0.25) is 0 Å². The Bertz CT molecular complexity index is 420.